The molecule has 1 aromatic heterocycles. The lowest BCUT2D eigenvalue weighted by Crippen LogP contribution is -1.99. The number of aromatic nitrogens is 2. The van der Waals surface area contributed by atoms with Gasteiger partial charge in [-0.15, -0.1) is 5.10 Å². The van der Waals surface area contributed by atoms with Crippen molar-refractivity contribution in [3.05, 3.63) is 42.1 Å². The average Bonchev–Trinajstić information content (AvgIpc) is 2.78. The van der Waals surface area contributed by atoms with Gasteiger partial charge in [0.2, 0.25) is 5.88 Å². The average molecular weight is 217 g/mol. The summed E-state index contributed by atoms with van der Waals surface area (Å²) in [4.78, 5) is 0. The smallest absolute Gasteiger partial charge is 0.233 e. The highest BCUT2D eigenvalue weighted by Crippen LogP contribution is 2.12. The Balaban J connectivity index is 2.21. The van der Waals surface area contributed by atoms with Crippen molar-refractivity contribution in [1.82, 2.24) is 9.78 Å². The number of ether oxygens (including phenoxy) is 1. The first-order chi connectivity index (χ1) is 7.83. The minimum absolute atomic E-state index is 0.559. The van der Waals surface area contributed by atoms with Crippen LogP contribution in [0.3, 0.4) is 0 Å². The first-order valence-corrected chi connectivity index (χ1v) is 5.31. The van der Waals surface area contributed by atoms with Gasteiger partial charge in [0.05, 0.1) is 12.3 Å². The number of benzene rings is 1. The molecule has 0 aliphatic heterocycles. The summed E-state index contributed by atoms with van der Waals surface area (Å²) in [5, 5.41) is 4.29. The number of hydrogen-bond donors (Lipinski definition) is 1. The molecule has 0 atom stereocenters. The Labute approximate surface area is 94.6 Å². The normalized spacial score (nSPS) is 10.4. The predicted octanol–water partition coefficient (Wildman–Crippen LogP) is 1.73. The highest BCUT2D eigenvalue weighted by atomic mass is 16.5. The van der Waals surface area contributed by atoms with Crippen LogP contribution < -0.4 is 10.5 Å². The second kappa shape index (κ2) is 4.81. The van der Waals surface area contributed by atoms with E-state index < -0.39 is 0 Å². The molecular weight excluding hydrogens is 202 g/mol. The van der Waals surface area contributed by atoms with E-state index in [0.29, 0.717) is 19.0 Å². The Morgan fingerprint density at radius 3 is 2.62 bits per heavy atom. The van der Waals surface area contributed by atoms with E-state index in [1.54, 1.807) is 4.68 Å². The van der Waals surface area contributed by atoms with Crippen LogP contribution in [0.4, 0.5) is 0 Å². The molecule has 0 saturated carbocycles. The molecule has 0 spiro atoms. The fourth-order valence-corrected chi connectivity index (χ4v) is 1.46. The molecule has 0 aliphatic rings. The van der Waals surface area contributed by atoms with Crippen LogP contribution in [-0.4, -0.2) is 16.4 Å². The highest BCUT2D eigenvalue weighted by Gasteiger charge is 2.00. The molecule has 2 aromatic rings. The van der Waals surface area contributed by atoms with Crippen molar-refractivity contribution in [2.75, 3.05) is 6.61 Å². The molecule has 4 nitrogen and oxygen atoms in total. The molecule has 0 fully saturated rings. The number of nitrogens with zero attached hydrogens (tertiary/aromatic N) is 2. The molecule has 0 amide bonds. The van der Waals surface area contributed by atoms with Gasteiger partial charge in [0.25, 0.3) is 0 Å². The summed E-state index contributed by atoms with van der Waals surface area (Å²) >= 11 is 0. The third-order valence-electron chi connectivity index (χ3n) is 2.29. The van der Waals surface area contributed by atoms with E-state index in [0.717, 1.165) is 11.3 Å². The third kappa shape index (κ3) is 2.23. The predicted molar refractivity (Wildman–Crippen MR) is 62.6 cm³/mol. The lowest BCUT2D eigenvalue weighted by Gasteiger charge is -2.02. The van der Waals surface area contributed by atoms with Crippen LogP contribution in [0.5, 0.6) is 5.88 Å². The van der Waals surface area contributed by atoms with Crippen molar-refractivity contribution in [3.63, 3.8) is 0 Å². The third-order valence-corrected chi connectivity index (χ3v) is 2.29. The zero-order chi connectivity index (χ0) is 11.4. The van der Waals surface area contributed by atoms with E-state index in [2.05, 4.69) is 5.10 Å². The van der Waals surface area contributed by atoms with Gasteiger partial charge in [-0.3, -0.25) is 0 Å². The molecule has 16 heavy (non-hydrogen) atoms. The fraction of sp³-hybridized carbons (Fsp3) is 0.250. The van der Waals surface area contributed by atoms with E-state index >= 15 is 0 Å². The van der Waals surface area contributed by atoms with Gasteiger partial charge in [-0.25, -0.2) is 4.68 Å². The molecule has 1 heterocycles. The van der Waals surface area contributed by atoms with Gasteiger partial charge >= 0.3 is 0 Å². The van der Waals surface area contributed by atoms with Crippen molar-refractivity contribution >= 4 is 0 Å². The van der Waals surface area contributed by atoms with Gasteiger partial charge in [0.15, 0.2) is 0 Å². The van der Waals surface area contributed by atoms with Crippen LogP contribution >= 0.6 is 0 Å². The van der Waals surface area contributed by atoms with Crippen LogP contribution in [0.15, 0.2) is 36.5 Å². The summed E-state index contributed by atoms with van der Waals surface area (Å²) in [6.07, 6.45) is 1.88. The van der Waals surface area contributed by atoms with Gasteiger partial charge in [-0.2, -0.15) is 0 Å². The van der Waals surface area contributed by atoms with Crippen LogP contribution in [0.1, 0.15) is 12.5 Å². The van der Waals surface area contributed by atoms with Crippen molar-refractivity contribution in [3.8, 4) is 11.6 Å². The number of hydrogen-bond acceptors (Lipinski definition) is 3. The zero-order valence-corrected chi connectivity index (χ0v) is 9.26. The van der Waals surface area contributed by atoms with Crippen molar-refractivity contribution < 1.29 is 4.74 Å². The van der Waals surface area contributed by atoms with Crippen LogP contribution in [0, 0.1) is 0 Å². The summed E-state index contributed by atoms with van der Waals surface area (Å²) in [7, 11) is 0. The Hall–Kier alpha value is -1.81. The minimum Gasteiger partial charge on any atom is -0.477 e. The monoisotopic (exact) mass is 217 g/mol. The van der Waals surface area contributed by atoms with Crippen molar-refractivity contribution in [2.24, 2.45) is 5.73 Å². The first-order valence-electron chi connectivity index (χ1n) is 5.31. The largest absolute Gasteiger partial charge is 0.477 e. The van der Waals surface area contributed by atoms with E-state index in [9.17, 15) is 0 Å². The maximum atomic E-state index is 5.54. The maximum absolute atomic E-state index is 5.54. The van der Waals surface area contributed by atoms with E-state index in [1.807, 2.05) is 43.5 Å². The minimum atomic E-state index is 0.559. The van der Waals surface area contributed by atoms with E-state index in [-0.39, 0.29) is 0 Å². The standard InChI is InChI=1S/C12H15N3O/c1-2-16-12-7-8-15(14-12)11-5-3-10(9-13)4-6-11/h3-8H,2,9,13H2,1H3. The SMILES string of the molecule is CCOc1ccn(-c2ccc(CN)cc2)n1. The molecule has 2 rings (SSSR count). The second-order valence-electron chi connectivity index (χ2n) is 3.40. The fourth-order valence-electron chi connectivity index (χ4n) is 1.46. The van der Waals surface area contributed by atoms with Gasteiger partial charge in [-0.1, -0.05) is 12.1 Å². The van der Waals surface area contributed by atoms with E-state index in [4.69, 9.17) is 10.5 Å². The van der Waals surface area contributed by atoms with Crippen LogP contribution in [0.2, 0.25) is 0 Å². The summed E-state index contributed by atoms with van der Waals surface area (Å²) in [5.41, 5.74) is 7.65. The van der Waals surface area contributed by atoms with Gasteiger partial charge < -0.3 is 10.5 Å². The Morgan fingerprint density at radius 2 is 2.00 bits per heavy atom. The first kappa shape index (κ1) is 10.7. The maximum Gasteiger partial charge on any atom is 0.233 e. The van der Waals surface area contributed by atoms with Crippen molar-refractivity contribution in [2.45, 2.75) is 13.5 Å². The lowest BCUT2D eigenvalue weighted by atomic mass is 10.2. The molecule has 4 heteroatoms. The molecule has 0 radical (unpaired) electrons. The Morgan fingerprint density at radius 1 is 1.25 bits per heavy atom. The molecule has 0 aliphatic carbocycles. The number of nitrogens with two attached hydrogens (primary N) is 1. The molecule has 0 unspecified atom stereocenters. The van der Waals surface area contributed by atoms with Crippen LogP contribution in [-0.2, 0) is 6.54 Å². The molecule has 2 N–H and O–H groups in total. The zero-order valence-electron chi connectivity index (χ0n) is 9.26. The molecule has 0 bridgehead atoms. The van der Waals surface area contributed by atoms with Crippen LogP contribution in [0.25, 0.3) is 5.69 Å². The topological polar surface area (TPSA) is 53.1 Å². The Kier molecular flexibility index (Phi) is 3.22. The summed E-state index contributed by atoms with van der Waals surface area (Å²) < 4.78 is 7.08. The van der Waals surface area contributed by atoms with E-state index in [1.165, 1.54) is 0 Å². The summed E-state index contributed by atoms with van der Waals surface area (Å²) in [6, 6.07) is 9.82. The molecular formula is C12H15N3O. The number of rotatable bonds is 4. The highest BCUT2D eigenvalue weighted by molar-refractivity contribution is 5.34. The summed E-state index contributed by atoms with van der Waals surface area (Å²) in [6.45, 7) is 3.13. The molecule has 84 valence electrons. The van der Waals surface area contributed by atoms with Crippen molar-refractivity contribution in [1.29, 1.82) is 0 Å². The summed E-state index contributed by atoms with van der Waals surface area (Å²) in [5.74, 6) is 0.644. The van der Waals surface area contributed by atoms with Gasteiger partial charge in [0.1, 0.15) is 0 Å². The molecule has 0 saturated heterocycles. The quantitative estimate of drug-likeness (QED) is 0.848. The van der Waals surface area contributed by atoms with Gasteiger partial charge in [-0.05, 0) is 24.6 Å². The lowest BCUT2D eigenvalue weighted by molar-refractivity contribution is 0.324. The van der Waals surface area contributed by atoms with Gasteiger partial charge in [0, 0.05) is 18.8 Å². The molecule has 1 aromatic carbocycles. The second-order valence-corrected chi connectivity index (χ2v) is 3.40. The Bertz CT molecular complexity index is 448.